The van der Waals surface area contributed by atoms with Crippen LogP contribution in [0, 0.1) is 10.1 Å². The number of carbonyl (C=O) groups excluding carboxylic acids is 1. The molecule has 0 bridgehead atoms. The first-order valence-electron chi connectivity index (χ1n) is 6.12. The first-order valence-corrected chi connectivity index (χ1v) is 6.12. The van der Waals surface area contributed by atoms with E-state index in [9.17, 15) is 20.0 Å². The predicted octanol–water partition coefficient (Wildman–Crippen LogP) is 0.558. The molecule has 1 aromatic carbocycles. The van der Waals surface area contributed by atoms with Crippen molar-refractivity contribution in [1.29, 1.82) is 0 Å². The minimum absolute atomic E-state index is 0.0792. The van der Waals surface area contributed by atoms with Crippen LogP contribution in [0.2, 0.25) is 0 Å². The van der Waals surface area contributed by atoms with Crippen molar-refractivity contribution in [3.63, 3.8) is 0 Å². The van der Waals surface area contributed by atoms with E-state index in [1.165, 1.54) is 25.1 Å². The third-order valence-electron chi connectivity index (χ3n) is 2.96. The number of aliphatic hydroxyl groups is 2. The summed E-state index contributed by atoms with van der Waals surface area (Å²) in [5.74, 6) is -0.969. The number of non-ortho nitro benzene ring substituents is 1. The van der Waals surface area contributed by atoms with Crippen molar-refractivity contribution in [2.45, 2.75) is 25.4 Å². The zero-order valence-corrected chi connectivity index (χ0v) is 11.4. The van der Waals surface area contributed by atoms with Crippen LogP contribution < -0.4 is 5.32 Å². The molecular formula is C13H18N2O5. The summed E-state index contributed by atoms with van der Waals surface area (Å²) in [5, 5.41) is 31.7. The molecule has 2 unspecified atom stereocenters. The van der Waals surface area contributed by atoms with Gasteiger partial charge in [0.2, 0.25) is 5.91 Å². The number of rotatable bonds is 6. The molecule has 7 nitrogen and oxygen atoms in total. The largest absolute Gasteiger partial charge is 0.393 e. The molecule has 0 aromatic heterocycles. The van der Waals surface area contributed by atoms with Crippen molar-refractivity contribution in [2.75, 3.05) is 13.2 Å². The lowest BCUT2D eigenvalue weighted by molar-refractivity contribution is -0.384. The van der Waals surface area contributed by atoms with Gasteiger partial charge in [-0.15, -0.1) is 0 Å². The second kappa shape index (κ2) is 6.44. The van der Waals surface area contributed by atoms with E-state index in [1.807, 2.05) is 0 Å². The van der Waals surface area contributed by atoms with Gasteiger partial charge in [0.1, 0.15) is 5.60 Å². The van der Waals surface area contributed by atoms with Crippen molar-refractivity contribution in [2.24, 2.45) is 0 Å². The standard InChI is InChI=1S/C13H18N2O5/c1-9(12(17)14-7-13(2,18)8-16)10-4-3-5-11(6-10)15(19)20/h3-6,9,16,18H,7-8H2,1-2H3,(H,14,17). The smallest absolute Gasteiger partial charge is 0.269 e. The molecule has 2 atom stereocenters. The fraction of sp³-hybridized carbons (Fsp3) is 0.462. The van der Waals surface area contributed by atoms with Crippen LogP contribution in [0.3, 0.4) is 0 Å². The molecule has 0 aliphatic carbocycles. The summed E-state index contributed by atoms with van der Waals surface area (Å²) >= 11 is 0. The molecule has 0 radical (unpaired) electrons. The molecular weight excluding hydrogens is 264 g/mol. The number of hydrogen-bond acceptors (Lipinski definition) is 5. The monoisotopic (exact) mass is 282 g/mol. The van der Waals surface area contributed by atoms with Crippen LogP contribution in [0.5, 0.6) is 0 Å². The second-order valence-electron chi connectivity index (χ2n) is 4.95. The molecule has 0 heterocycles. The maximum Gasteiger partial charge on any atom is 0.269 e. The average molecular weight is 282 g/mol. The van der Waals surface area contributed by atoms with E-state index in [2.05, 4.69) is 5.32 Å². The van der Waals surface area contributed by atoms with Gasteiger partial charge in [-0.2, -0.15) is 0 Å². The van der Waals surface area contributed by atoms with Gasteiger partial charge in [-0.1, -0.05) is 12.1 Å². The molecule has 0 aliphatic rings. The third kappa shape index (κ3) is 4.29. The van der Waals surface area contributed by atoms with Crippen molar-refractivity contribution in [1.82, 2.24) is 5.32 Å². The molecule has 0 spiro atoms. The highest BCUT2D eigenvalue weighted by atomic mass is 16.6. The fourth-order valence-electron chi connectivity index (χ4n) is 1.55. The van der Waals surface area contributed by atoms with Crippen molar-refractivity contribution in [3.8, 4) is 0 Å². The Morgan fingerprint density at radius 2 is 2.20 bits per heavy atom. The highest BCUT2D eigenvalue weighted by Crippen LogP contribution is 2.20. The van der Waals surface area contributed by atoms with E-state index in [-0.39, 0.29) is 18.1 Å². The zero-order valence-electron chi connectivity index (χ0n) is 11.4. The normalized spacial score (nSPS) is 15.2. The molecule has 0 saturated heterocycles. The summed E-state index contributed by atoms with van der Waals surface area (Å²) in [5.41, 5.74) is -0.956. The number of nitrogens with zero attached hydrogens (tertiary/aromatic N) is 1. The van der Waals surface area contributed by atoms with Gasteiger partial charge < -0.3 is 15.5 Å². The molecule has 7 heteroatoms. The molecule has 1 aromatic rings. The van der Waals surface area contributed by atoms with E-state index in [4.69, 9.17) is 5.11 Å². The van der Waals surface area contributed by atoms with Crippen LogP contribution in [0.15, 0.2) is 24.3 Å². The molecule has 0 aliphatic heterocycles. The maximum atomic E-state index is 11.9. The van der Waals surface area contributed by atoms with E-state index >= 15 is 0 Å². The number of carbonyl (C=O) groups is 1. The Balaban J connectivity index is 2.74. The fourth-order valence-corrected chi connectivity index (χ4v) is 1.55. The highest BCUT2D eigenvalue weighted by molar-refractivity contribution is 5.83. The number of hydrogen-bond donors (Lipinski definition) is 3. The Morgan fingerprint density at radius 3 is 2.75 bits per heavy atom. The lowest BCUT2D eigenvalue weighted by atomic mass is 9.99. The van der Waals surface area contributed by atoms with Gasteiger partial charge in [0.05, 0.1) is 17.4 Å². The van der Waals surface area contributed by atoms with Gasteiger partial charge in [-0.25, -0.2) is 0 Å². The maximum absolute atomic E-state index is 11.9. The lowest BCUT2D eigenvalue weighted by Crippen LogP contribution is -2.44. The van der Waals surface area contributed by atoms with E-state index in [0.717, 1.165) is 0 Å². The van der Waals surface area contributed by atoms with Crippen LogP contribution in [-0.4, -0.2) is 39.8 Å². The van der Waals surface area contributed by atoms with Crippen LogP contribution in [0.1, 0.15) is 25.3 Å². The summed E-state index contributed by atoms with van der Waals surface area (Å²) in [6.45, 7) is 2.44. The predicted molar refractivity (Wildman–Crippen MR) is 72.2 cm³/mol. The number of benzene rings is 1. The molecule has 0 saturated carbocycles. The summed E-state index contributed by atoms with van der Waals surface area (Å²) in [6, 6.07) is 5.83. The molecule has 0 fully saturated rings. The van der Waals surface area contributed by atoms with Crippen LogP contribution in [0.4, 0.5) is 5.69 Å². The Labute approximate surface area is 116 Å². The summed E-state index contributed by atoms with van der Waals surface area (Å²) in [4.78, 5) is 22.1. The summed E-state index contributed by atoms with van der Waals surface area (Å²) in [7, 11) is 0. The minimum atomic E-state index is -1.39. The first kappa shape index (κ1) is 16.1. The van der Waals surface area contributed by atoms with Gasteiger partial charge in [0, 0.05) is 18.7 Å². The Kier molecular flexibility index (Phi) is 5.18. The molecule has 20 heavy (non-hydrogen) atoms. The van der Waals surface area contributed by atoms with Crippen molar-refractivity contribution < 1.29 is 19.9 Å². The topological polar surface area (TPSA) is 113 Å². The third-order valence-corrected chi connectivity index (χ3v) is 2.96. The number of nitro groups is 1. The van der Waals surface area contributed by atoms with E-state index in [0.29, 0.717) is 5.56 Å². The number of nitrogens with one attached hydrogen (secondary N) is 1. The zero-order chi connectivity index (χ0) is 15.3. The number of nitro benzene ring substituents is 1. The lowest BCUT2D eigenvalue weighted by Gasteiger charge is -2.22. The van der Waals surface area contributed by atoms with E-state index < -0.39 is 23.0 Å². The SMILES string of the molecule is CC(C(=O)NCC(C)(O)CO)c1cccc([N+](=O)[O-])c1. The average Bonchev–Trinajstić information content (AvgIpc) is 2.44. The van der Waals surface area contributed by atoms with Crippen LogP contribution in [-0.2, 0) is 4.79 Å². The molecule has 3 N–H and O–H groups in total. The Morgan fingerprint density at radius 1 is 1.55 bits per heavy atom. The summed E-state index contributed by atoms with van der Waals surface area (Å²) < 4.78 is 0. The Hall–Kier alpha value is -1.99. The number of aliphatic hydroxyl groups excluding tert-OH is 1. The van der Waals surface area contributed by atoms with Gasteiger partial charge in [0.15, 0.2) is 0 Å². The van der Waals surface area contributed by atoms with Crippen molar-refractivity contribution >= 4 is 11.6 Å². The summed E-state index contributed by atoms with van der Waals surface area (Å²) in [6.07, 6.45) is 0. The molecule has 1 rings (SSSR count). The second-order valence-corrected chi connectivity index (χ2v) is 4.95. The minimum Gasteiger partial charge on any atom is -0.393 e. The quantitative estimate of drug-likeness (QED) is 0.521. The van der Waals surface area contributed by atoms with E-state index in [1.54, 1.807) is 13.0 Å². The number of amides is 1. The first-order chi connectivity index (χ1) is 9.26. The van der Waals surface area contributed by atoms with Gasteiger partial charge in [-0.05, 0) is 19.4 Å². The van der Waals surface area contributed by atoms with Crippen molar-refractivity contribution in [3.05, 3.63) is 39.9 Å². The molecule has 110 valence electrons. The van der Waals surface area contributed by atoms with Crippen LogP contribution in [0.25, 0.3) is 0 Å². The Bertz CT molecular complexity index is 501. The van der Waals surface area contributed by atoms with Gasteiger partial charge in [-0.3, -0.25) is 14.9 Å². The highest BCUT2D eigenvalue weighted by Gasteiger charge is 2.23. The molecule has 1 amide bonds. The van der Waals surface area contributed by atoms with Gasteiger partial charge >= 0.3 is 0 Å². The van der Waals surface area contributed by atoms with Gasteiger partial charge in [0.25, 0.3) is 5.69 Å². The van der Waals surface area contributed by atoms with Crippen LogP contribution >= 0.6 is 0 Å².